The third-order valence-corrected chi connectivity index (χ3v) is 3.99. The molecule has 15 heavy (non-hydrogen) atoms. The van der Waals surface area contributed by atoms with Crippen LogP contribution in [0.1, 0.15) is 24.1 Å². The highest BCUT2D eigenvalue weighted by Gasteiger charge is 2.19. The number of benzene rings is 1. The van der Waals surface area contributed by atoms with Crippen LogP contribution in [0.15, 0.2) is 24.3 Å². The molecule has 0 aromatic heterocycles. The molecule has 0 unspecified atom stereocenters. The summed E-state index contributed by atoms with van der Waals surface area (Å²) in [6.45, 7) is 3.89. The van der Waals surface area contributed by atoms with Gasteiger partial charge in [0, 0.05) is 13.1 Å². The highest BCUT2D eigenvalue weighted by Crippen LogP contribution is 2.20. The molecular formula is C11H17NO2S. The molecule has 4 heteroatoms. The number of hydrogen-bond donors (Lipinski definition) is 0. The molecule has 1 aromatic carbocycles. The molecule has 1 atom stereocenters. The van der Waals surface area contributed by atoms with Gasteiger partial charge in [-0.15, -0.1) is 0 Å². The Bertz CT molecular complexity index is 422. The summed E-state index contributed by atoms with van der Waals surface area (Å²) >= 11 is 0. The van der Waals surface area contributed by atoms with Gasteiger partial charge < -0.3 is 0 Å². The van der Waals surface area contributed by atoms with E-state index in [1.54, 1.807) is 7.05 Å². The van der Waals surface area contributed by atoms with E-state index in [-0.39, 0.29) is 6.04 Å². The highest BCUT2D eigenvalue weighted by atomic mass is 32.2. The molecule has 0 fully saturated rings. The van der Waals surface area contributed by atoms with Crippen LogP contribution >= 0.6 is 0 Å². The summed E-state index contributed by atoms with van der Waals surface area (Å²) < 4.78 is 24.1. The average molecular weight is 227 g/mol. The zero-order valence-corrected chi connectivity index (χ0v) is 10.4. The predicted molar refractivity (Wildman–Crippen MR) is 62.2 cm³/mol. The van der Waals surface area contributed by atoms with Gasteiger partial charge in [-0.1, -0.05) is 29.8 Å². The SMILES string of the molecule is Cc1ccc([C@@H](C)N(C)S(C)(=O)=O)cc1. The lowest BCUT2D eigenvalue weighted by molar-refractivity contribution is 0.402. The number of nitrogens with zero attached hydrogens (tertiary/aromatic N) is 1. The van der Waals surface area contributed by atoms with Gasteiger partial charge >= 0.3 is 0 Å². The van der Waals surface area contributed by atoms with E-state index in [2.05, 4.69) is 0 Å². The molecule has 0 N–H and O–H groups in total. The van der Waals surface area contributed by atoms with Crippen molar-refractivity contribution in [1.82, 2.24) is 4.31 Å². The first kappa shape index (κ1) is 12.2. The maximum absolute atomic E-state index is 11.3. The van der Waals surface area contributed by atoms with Crippen molar-refractivity contribution in [3.05, 3.63) is 35.4 Å². The first-order valence-corrected chi connectivity index (χ1v) is 6.67. The third-order valence-electron chi connectivity index (χ3n) is 2.63. The molecule has 0 heterocycles. The van der Waals surface area contributed by atoms with Gasteiger partial charge in [0.2, 0.25) is 10.0 Å². The molecule has 0 saturated heterocycles. The van der Waals surface area contributed by atoms with E-state index in [4.69, 9.17) is 0 Å². The Hall–Kier alpha value is -0.870. The third kappa shape index (κ3) is 3.04. The second-order valence-electron chi connectivity index (χ2n) is 3.87. The van der Waals surface area contributed by atoms with Crippen molar-refractivity contribution in [1.29, 1.82) is 0 Å². The maximum Gasteiger partial charge on any atom is 0.211 e. The molecule has 0 aliphatic carbocycles. The Morgan fingerprint density at radius 2 is 1.67 bits per heavy atom. The molecular weight excluding hydrogens is 210 g/mol. The Morgan fingerprint density at radius 1 is 1.20 bits per heavy atom. The molecule has 1 rings (SSSR count). The van der Waals surface area contributed by atoms with Crippen LogP contribution in [0.3, 0.4) is 0 Å². The van der Waals surface area contributed by atoms with Crippen LogP contribution in [0, 0.1) is 6.92 Å². The summed E-state index contributed by atoms with van der Waals surface area (Å²) in [6, 6.07) is 7.77. The normalized spacial score (nSPS) is 14.2. The topological polar surface area (TPSA) is 37.4 Å². The quantitative estimate of drug-likeness (QED) is 0.791. The molecule has 0 saturated carbocycles. The molecule has 0 spiro atoms. The second kappa shape index (κ2) is 4.33. The largest absolute Gasteiger partial charge is 0.212 e. The van der Waals surface area contributed by atoms with Crippen molar-refractivity contribution in [3.63, 3.8) is 0 Å². The van der Waals surface area contributed by atoms with Crippen LogP contribution in [0.5, 0.6) is 0 Å². The molecule has 0 aliphatic heterocycles. The minimum atomic E-state index is -3.13. The van der Waals surface area contributed by atoms with Crippen molar-refractivity contribution in [2.24, 2.45) is 0 Å². The molecule has 0 amide bonds. The average Bonchev–Trinajstić information content (AvgIpc) is 2.15. The highest BCUT2D eigenvalue weighted by molar-refractivity contribution is 7.88. The van der Waals surface area contributed by atoms with Gasteiger partial charge in [-0.25, -0.2) is 8.42 Å². The fraction of sp³-hybridized carbons (Fsp3) is 0.455. The standard InChI is InChI=1S/C11H17NO2S/c1-9-5-7-11(8-6-9)10(2)12(3)15(4,13)14/h5-8,10H,1-4H3/t10-/m1/s1. The zero-order valence-electron chi connectivity index (χ0n) is 9.56. The Labute approximate surface area is 91.8 Å². The van der Waals surface area contributed by atoms with Crippen molar-refractivity contribution >= 4 is 10.0 Å². The lowest BCUT2D eigenvalue weighted by Gasteiger charge is -2.22. The first-order chi connectivity index (χ1) is 6.82. The summed E-state index contributed by atoms with van der Waals surface area (Å²) in [7, 11) is -1.53. The number of rotatable bonds is 3. The number of aryl methyl sites for hydroxylation is 1. The first-order valence-electron chi connectivity index (χ1n) is 4.82. The van der Waals surface area contributed by atoms with Gasteiger partial charge in [0.15, 0.2) is 0 Å². The smallest absolute Gasteiger partial charge is 0.211 e. The minimum absolute atomic E-state index is 0.124. The van der Waals surface area contributed by atoms with E-state index in [9.17, 15) is 8.42 Å². The van der Waals surface area contributed by atoms with Crippen LogP contribution in [-0.2, 0) is 10.0 Å². The van der Waals surface area contributed by atoms with E-state index in [0.717, 1.165) is 5.56 Å². The van der Waals surface area contributed by atoms with Crippen molar-refractivity contribution in [2.45, 2.75) is 19.9 Å². The minimum Gasteiger partial charge on any atom is -0.212 e. The van der Waals surface area contributed by atoms with Gasteiger partial charge in [-0.3, -0.25) is 0 Å². The van der Waals surface area contributed by atoms with Gasteiger partial charge in [-0.05, 0) is 19.4 Å². The van der Waals surface area contributed by atoms with Crippen LogP contribution in [0.4, 0.5) is 0 Å². The molecule has 0 aliphatic rings. The maximum atomic E-state index is 11.3. The van der Waals surface area contributed by atoms with Gasteiger partial charge in [0.05, 0.1) is 6.26 Å². The second-order valence-corrected chi connectivity index (χ2v) is 5.91. The van der Waals surface area contributed by atoms with Crippen molar-refractivity contribution in [3.8, 4) is 0 Å². The summed E-state index contributed by atoms with van der Waals surface area (Å²) in [5, 5.41) is 0. The van der Waals surface area contributed by atoms with E-state index in [1.807, 2.05) is 38.1 Å². The van der Waals surface area contributed by atoms with E-state index < -0.39 is 10.0 Å². The van der Waals surface area contributed by atoms with Crippen LogP contribution in [0.2, 0.25) is 0 Å². The van der Waals surface area contributed by atoms with E-state index >= 15 is 0 Å². The zero-order chi connectivity index (χ0) is 11.6. The lowest BCUT2D eigenvalue weighted by atomic mass is 10.1. The summed E-state index contributed by atoms with van der Waals surface area (Å²) in [5.74, 6) is 0. The van der Waals surface area contributed by atoms with Crippen LogP contribution < -0.4 is 0 Å². The van der Waals surface area contributed by atoms with Gasteiger partial charge in [0.25, 0.3) is 0 Å². The van der Waals surface area contributed by atoms with Gasteiger partial charge in [0.1, 0.15) is 0 Å². The summed E-state index contributed by atoms with van der Waals surface area (Å²) in [5.41, 5.74) is 2.18. The monoisotopic (exact) mass is 227 g/mol. The Kier molecular flexibility index (Phi) is 3.52. The number of hydrogen-bond acceptors (Lipinski definition) is 2. The van der Waals surface area contributed by atoms with Crippen LogP contribution in [0.25, 0.3) is 0 Å². The number of sulfonamides is 1. The molecule has 1 aromatic rings. The van der Waals surface area contributed by atoms with Crippen molar-refractivity contribution in [2.75, 3.05) is 13.3 Å². The van der Waals surface area contributed by atoms with Crippen LogP contribution in [-0.4, -0.2) is 26.0 Å². The summed E-state index contributed by atoms with van der Waals surface area (Å²) in [6.07, 6.45) is 1.22. The fourth-order valence-electron chi connectivity index (χ4n) is 1.34. The van der Waals surface area contributed by atoms with Gasteiger partial charge in [-0.2, -0.15) is 4.31 Å². The predicted octanol–water partition coefficient (Wildman–Crippen LogP) is 1.95. The molecule has 0 radical (unpaired) electrons. The van der Waals surface area contributed by atoms with Crippen molar-refractivity contribution < 1.29 is 8.42 Å². The fourth-order valence-corrected chi connectivity index (χ4v) is 2.04. The summed E-state index contributed by atoms with van der Waals surface area (Å²) in [4.78, 5) is 0. The van der Waals surface area contributed by atoms with E-state index in [1.165, 1.54) is 16.1 Å². The molecule has 3 nitrogen and oxygen atoms in total. The molecule has 0 bridgehead atoms. The lowest BCUT2D eigenvalue weighted by Crippen LogP contribution is -2.28. The van der Waals surface area contributed by atoms with E-state index in [0.29, 0.717) is 0 Å². The Balaban J connectivity index is 2.95. The Morgan fingerprint density at radius 3 is 2.07 bits per heavy atom. The molecule has 84 valence electrons.